The van der Waals surface area contributed by atoms with Crippen LogP contribution in [-0.2, 0) is 9.53 Å². The molecule has 0 N–H and O–H groups in total. The summed E-state index contributed by atoms with van der Waals surface area (Å²) in [5.74, 6) is 5.06. The van der Waals surface area contributed by atoms with Crippen molar-refractivity contribution in [2.24, 2.45) is 52.3 Å². The Kier molecular flexibility index (Phi) is 15.4. The molecule has 0 bridgehead atoms. The second-order valence-corrected chi connectivity index (χ2v) is 17.3. The third kappa shape index (κ3) is 10.1. The molecular weight excluding hydrogens is 585 g/mol. The maximum atomic E-state index is 12.8. The van der Waals surface area contributed by atoms with Crippen molar-refractivity contribution in [1.29, 1.82) is 0 Å². The first-order valence-electron chi connectivity index (χ1n) is 20.6. The van der Waals surface area contributed by atoms with Crippen LogP contribution < -0.4 is 0 Å². The maximum absolute atomic E-state index is 12.8. The highest BCUT2D eigenvalue weighted by Gasteiger charge is 2.58. The van der Waals surface area contributed by atoms with Gasteiger partial charge in [-0.1, -0.05) is 121 Å². The van der Waals surface area contributed by atoms with E-state index in [2.05, 4.69) is 103 Å². The summed E-state index contributed by atoms with van der Waals surface area (Å²) in [7, 11) is 0. The Morgan fingerprint density at radius 1 is 0.812 bits per heavy atom. The number of fused-ring (bicyclic) bond motifs is 5. The molecule has 9 atom stereocenters. The van der Waals surface area contributed by atoms with Gasteiger partial charge in [0.15, 0.2) is 0 Å². The molecule has 0 aromatic heterocycles. The first-order valence-corrected chi connectivity index (χ1v) is 20.6. The second kappa shape index (κ2) is 19.0. The molecule has 0 amide bonds. The Balaban J connectivity index is 1.15. The lowest BCUT2D eigenvalue weighted by atomic mass is 9.47. The summed E-state index contributed by atoms with van der Waals surface area (Å²) >= 11 is 0. The number of hydrogen-bond donors (Lipinski definition) is 0. The van der Waals surface area contributed by atoms with Crippen LogP contribution in [0, 0.1) is 52.3 Å². The number of allylic oxidation sites excluding steroid dienone is 10. The topological polar surface area (TPSA) is 26.3 Å². The fourth-order valence-electron chi connectivity index (χ4n) is 10.4. The molecule has 0 unspecified atom stereocenters. The molecule has 270 valence electrons. The van der Waals surface area contributed by atoms with E-state index in [1.54, 1.807) is 0 Å². The van der Waals surface area contributed by atoms with Crippen molar-refractivity contribution in [1.82, 2.24) is 0 Å². The molecule has 0 radical (unpaired) electrons. The molecular formula is C46H74O2. The molecule has 0 spiro atoms. The van der Waals surface area contributed by atoms with Crippen LogP contribution in [0.5, 0.6) is 0 Å². The van der Waals surface area contributed by atoms with Gasteiger partial charge >= 0.3 is 5.97 Å². The summed E-state index contributed by atoms with van der Waals surface area (Å²) in [5.41, 5.74) is 2.66. The van der Waals surface area contributed by atoms with Crippen LogP contribution in [0.1, 0.15) is 164 Å². The minimum Gasteiger partial charge on any atom is -0.462 e. The standard InChI is InChI=1S/C46H74O2/c1-8-9-10-11-12-13-14-15-16-17-18-19-20-21-22-23-44(47)48-39-30-32-45(6)38(34-39)26-27-40-42-29-28-41(46(42,7)33-31-43(40)45)37(5)25-24-36(4)35(2)3/h8-9,12-13,15-16,24-25,27,35-39,41-43H,10-11,14,17-23,26,28-34H2,1-7H3/b9-8-,13-12-,16-15-,25-24+/t36-,37+,38-,39-,41+,42-,43-,45-,46+/m0/s1. The van der Waals surface area contributed by atoms with E-state index < -0.39 is 0 Å². The lowest BCUT2D eigenvalue weighted by molar-refractivity contribution is -0.155. The van der Waals surface area contributed by atoms with Crippen LogP contribution in [-0.4, -0.2) is 12.1 Å². The lowest BCUT2D eigenvalue weighted by Gasteiger charge is -2.58. The van der Waals surface area contributed by atoms with Crippen molar-refractivity contribution >= 4 is 5.97 Å². The molecule has 2 heteroatoms. The molecule has 4 rings (SSSR count). The molecule has 0 heterocycles. The van der Waals surface area contributed by atoms with E-state index in [0.717, 1.165) is 62.7 Å². The molecule has 4 aliphatic carbocycles. The summed E-state index contributed by atoms with van der Waals surface area (Å²) in [6.45, 7) is 16.9. The first-order chi connectivity index (χ1) is 23.1. The molecule has 0 aromatic carbocycles. The number of carbonyl (C=O) groups excluding carboxylic acids is 1. The predicted molar refractivity (Wildman–Crippen MR) is 207 cm³/mol. The zero-order valence-corrected chi connectivity index (χ0v) is 32.4. The van der Waals surface area contributed by atoms with Crippen LogP contribution in [0.4, 0.5) is 0 Å². The van der Waals surface area contributed by atoms with Crippen molar-refractivity contribution in [2.75, 3.05) is 0 Å². The first kappa shape index (κ1) is 39.0. The Labute approximate surface area is 297 Å². The van der Waals surface area contributed by atoms with Gasteiger partial charge in [-0.25, -0.2) is 0 Å². The number of unbranched alkanes of at least 4 members (excludes halogenated alkanes) is 6. The number of ether oxygens (including phenoxy) is 1. The average Bonchev–Trinajstić information content (AvgIpc) is 3.42. The minimum absolute atomic E-state index is 0.0498. The van der Waals surface area contributed by atoms with Crippen LogP contribution >= 0.6 is 0 Å². The Hall–Kier alpha value is -1.83. The Morgan fingerprint density at radius 2 is 1.50 bits per heavy atom. The van der Waals surface area contributed by atoms with Crippen LogP contribution in [0.25, 0.3) is 0 Å². The number of esters is 1. The SMILES string of the molecule is C/C=C\CC/C=C\C/C=C\CCCCCCCC(=O)O[C@H]1CC[C@@]2(C)[C@@H](CC=C3[C@@H]2CC[C@]2(C)[C@@H]([C@H](C)/C=C/[C@H](C)C(C)C)CC[C@@H]32)C1. The van der Waals surface area contributed by atoms with Crippen molar-refractivity contribution in [3.8, 4) is 0 Å². The zero-order valence-electron chi connectivity index (χ0n) is 32.4. The van der Waals surface area contributed by atoms with Crippen molar-refractivity contribution in [3.05, 3.63) is 60.3 Å². The minimum atomic E-state index is 0.0498. The van der Waals surface area contributed by atoms with E-state index in [1.807, 2.05) is 5.57 Å². The highest BCUT2D eigenvalue weighted by atomic mass is 16.5. The fourth-order valence-corrected chi connectivity index (χ4v) is 10.4. The highest BCUT2D eigenvalue weighted by molar-refractivity contribution is 5.69. The molecule has 0 saturated heterocycles. The summed E-state index contributed by atoms with van der Waals surface area (Å²) in [6, 6.07) is 0. The lowest BCUT2D eigenvalue weighted by Crippen LogP contribution is -2.50. The largest absolute Gasteiger partial charge is 0.462 e. The van der Waals surface area contributed by atoms with Gasteiger partial charge in [0, 0.05) is 6.42 Å². The molecule has 3 fully saturated rings. The van der Waals surface area contributed by atoms with E-state index in [1.165, 1.54) is 64.2 Å². The third-order valence-electron chi connectivity index (χ3n) is 13.9. The Bertz CT molecular complexity index is 1140. The smallest absolute Gasteiger partial charge is 0.306 e. The van der Waals surface area contributed by atoms with Crippen molar-refractivity contribution in [2.45, 2.75) is 170 Å². The third-order valence-corrected chi connectivity index (χ3v) is 13.9. The normalized spacial score (nSPS) is 33.3. The molecule has 48 heavy (non-hydrogen) atoms. The molecule has 0 aromatic rings. The summed E-state index contributed by atoms with van der Waals surface area (Å²) in [4.78, 5) is 12.8. The van der Waals surface area contributed by atoms with Gasteiger partial charge < -0.3 is 4.74 Å². The van der Waals surface area contributed by atoms with Crippen LogP contribution in [0.15, 0.2) is 60.3 Å². The van der Waals surface area contributed by atoms with Crippen molar-refractivity contribution in [3.63, 3.8) is 0 Å². The van der Waals surface area contributed by atoms with Gasteiger partial charge in [-0.2, -0.15) is 0 Å². The summed E-state index contributed by atoms with van der Waals surface area (Å²) in [5, 5.41) is 0. The maximum Gasteiger partial charge on any atom is 0.306 e. The van der Waals surface area contributed by atoms with E-state index >= 15 is 0 Å². The van der Waals surface area contributed by atoms with Crippen LogP contribution in [0.2, 0.25) is 0 Å². The van der Waals surface area contributed by atoms with Gasteiger partial charge in [0.25, 0.3) is 0 Å². The van der Waals surface area contributed by atoms with E-state index in [-0.39, 0.29) is 12.1 Å². The van der Waals surface area contributed by atoms with Crippen molar-refractivity contribution < 1.29 is 9.53 Å². The van der Waals surface area contributed by atoms with Gasteiger partial charge in [-0.15, -0.1) is 0 Å². The molecule has 0 aliphatic heterocycles. The zero-order chi connectivity index (χ0) is 34.6. The molecule has 4 aliphatic rings. The fraction of sp³-hybridized carbons (Fsp3) is 0.761. The van der Waals surface area contributed by atoms with Gasteiger partial charge in [-0.05, 0) is 149 Å². The Morgan fingerprint density at radius 3 is 2.27 bits per heavy atom. The number of carbonyl (C=O) groups is 1. The van der Waals surface area contributed by atoms with Gasteiger partial charge in [-0.3, -0.25) is 4.79 Å². The van der Waals surface area contributed by atoms with Gasteiger partial charge in [0.2, 0.25) is 0 Å². The number of rotatable bonds is 18. The number of hydrogen-bond acceptors (Lipinski definition) is 2. The second-order valence-electron chi connectivity index (χ2n) is 17.3. The van der Waals surface area contributed by atoms with Gasteiger partial charge in [0.1, 0.15) is 6.10 Å². The quantitative estimate of drug-likeness (QED) is 0.0832. The molecule has 3 saturated carbocycles. The monoisotopic (exact) mass is 659 g/mol. The predicted octanol–water partition coefficient (Wildman–Crippen LogP) is 13.6. The summed E-state index contributed by atoms with van der Waals surface area (Å²) < 4.78 is 6.14. The van der Waals surface area contributed by atoms with E-state index in [4.69, 9.17) is 4.74 Å². The highest BCUT2D eigenvalue weighted by Crippen LogP contribution is 2.67. The van der Waals surface area contributed by atoms with Crippen LogP contribution in [0.3, 0.4) is 0 Å². The van der Waals surface area contributed by atoms with E-state index in [9.17, 15) is 4.79 Å². The average molecular weight is 659 g/mol. The van der Waals surface area contributed by atoms with E-state index in [0.29, 0.717) is 40.9 Å². The van der Waals surface area contributed by atoms with Gasteiger partial charge in [0.05, 0.1) is 0 Å². The molecule has 2 nitrogen and oxygen atoms in total. The summed E-state index contributed by atoms with van der Waals surface area (Å²) in [6.07, 6.45) is 42.4.